The van der Waals surface area contributed by atoms with Crippen LogP contribution in [0.1, 0.15) is 5.56 Å². The van der Waals surface area contributed by atoms with Crippen molar-refractivity contribution in [2.24, 2.45) is 0 Å². The fourth-order valence-electron chi connectivity index (χ4n) is 0.931. The van der Waals surface area contributed by atoms with E-state index in [0.29, 0.717) is 5.88 Å². The van der Waals surface area contributed by atoms with Crippen molar-refractivity contribution in [3.05, 3.63) is 34.9 Å². The molecule has 1 aromatic rings. The van der Waals surface area contributed by atoms with Gasteiger partial charge in [0.1, 0.15) is 0 Å². The van der Waals surface area contributed by atoms with Crippen molar-refractivity contribution in [2.75, 3.05) is 5.88 Å². The summed E-state index contributed by atoms with van der Waals surface area (Å²) in [5.41, 5.74) is 1.17. The van der Waals surface area contributed by atoms with Crippen LogP contribution in [-0.4, -0.2) is 11.3 Å². The van der Waals surface area contributed by atoms with Gasteiger partial charge < -0.3 is 0 Å². The molecule has 0 saturated carbocycles. The van der Waals surface area contributed by atoms with E-state index in [4.69, 9.17) is 34.8 Å². The average molecular weight is 224 g/mol. The van der Waals surface area contributed by atoms with Crippen LogP contribution in [0.2, 0.25) is 5.02 Å². The molecule has 0 aromatic heterocycles. The lowest BCUT2D eigenvalue weighted by molar-refractivity contribution is 0.938. The summed E-state index contributed by atoms with van der Waals surface area (Å²) in [5.74, 6) is 0.476. The lowest BCUT2D eigenvalue weighted by Crippen LogP contribution is -2.04. The number of benzene rings is 1. The van der Waals surface area contributed by atoms with Gasteiger partial charge in [-0.1, -0.05) is 23.7 Å². The Balaban J connectivity index is 2.58. The molecule has 0 radical (unpaired) electrons. The fraction of sp³-hybridized carbons (Fsp3) is 0.333. The van der Waals surface area contributed by atoms with E-state index in [2.05, 4.69) is 0 Å². The molecule has 0 N–H and O–H groups in total. The fourth-order valence-corrected chi connectivity index (χ4v) is 1.34. The van der Waals surface area contributed by atoms with Crippen molar-refractivity contribution >= 4 is 34.8 Å². The largest absolute Gasteiger partial charge is 0.125 e. The van der Waals surface area contributed by atoms with Crippen molar-refractivity contribution < 1.29 is 0 Å². The van der Waals surface area contributed by atoms with Crippen molar-refractivity contribution in [2.45, 2.75) is 11.8 Å². The molecular weight excluding hydrogens is 214 g/mol. The molecule has 0 fully saturated rings. The zero-order valence-corrected chi connectivity index (χ0v) is 8.70. The van der Waals surface area contributed by atoms with Crippen LogP contribution in [0.3, 0.4) is 0 Å². The maximum absolute atomic E-state index is 5.87. The van der Waals surface area contributed by atoms with E-state index in [1.165, 1.54) is 5.56 Å². The van der Waals surface area contributed by atoms with Crippen LogP contribution >= 0.6 is 34.8 Å². The lowest BCUT2D eigenvalue weighted by Gasteiger charge is -2.04. The van der Waals surface area contributed by atoms with E-state index in [1.807, 2.05) is 24.3 Å². The highest BCUT2D eigenvalue weighted by Crippen LogP contribution is 2.13. The molecule has 0 bridgehead atoms. The molecule has 1 atom stereocenters. The third kappa shape index (κ3) is 3.22. The number of hydrogen-bond acceptors (Lipinski definition) is 0. The second-order valence-electron chi connectivity index (χ2n) is 2.58. The van der Waals surface area contributed by atoms with Gasteiger partial charge in [-0.05, 0) is 24.1 Å². The molecule has 66 valence electrons. The molecule has 1 aromatic carbocycles. The third-order valence-electron chi connectivity index (χ3n) is 1.54. The minimum Gasteiger partial charge on any atom is -0.125 e. The monoisotopic (exact) mass is 222 g/mol. The number of halogens is 3. The van der Waals surface area contributed by atoms with Crippen molar-refractivity contribution in [1.29, 1.82) is 0 Å². The van der Waals surface area contributed by atoms with Crippen molar-refractivity contribution in [1.82, 2.24) is 0 Å². The summed E-state index contributed by atoms with van der Waals surface area (Å²) in [4.78, 5) is 0. The Hall–Kier alpha value is 0.0900. The van der Waals surface area contributed by atoms with Crippen molar-refractivity contribution in [3.8, 4) is 0 Å². The first-order chi connectivity index (χ1) is 5.72. The topological polar surface area (TPSA) is 0 Å². The van der Waals surface area contributed by atoms with E-state index >= 15 is 0 Å². The molecule has 0 aliphatic heterocycles. The summed E-state index contributed by atoms with van der Waals surface area (Å²) >= 11 is 17.2. The maximum atomic E-state index is 5.87. The lowest BCUT2D eigenvalue weighted by atomic mass is 10.1. The molecule has 0 spiro atoms. The van der Waals surface area contributed by atoms with Gasteiger partial charge >= 0.3 is 0 Å². The van der Waals surface area contributed by atoms with Gasteiger partial charge in [0.2, 0.25) is 0 Å². The Morgan fingerprint density at radius 1 is 1.17 bits per heavy atom. The Bertz CT molecular complexity index is 230. The predicted molar refractivity (Wildman–Crippen MR) is 55.5 cm³/mol. The highest BCUT2D eigenvalue weighted by molar-refractivity contribution is 6.30. The second-order valence-corrected chi connectivity index (χ2v) is 3.94. The summed E-state index contributed by atoms with van der Waals surface area (Å²) in [6.45, 7) is 0. The highest BCUT2D eigenvalue weighted by Gasteiger charge is 2.03. The Morgan fingerprint density at radius 3 is 2.25 bits per heavy atom. The molecule has 0 nitrogen and oxygen atoms in total. The summed E-state index contributed by atoms with van der Waals surface area (Å²) in [5, 5.41) is 0.753. The summed E-state index contributed by atoms with van der Waals surface area (Å²) < 4.78 is 0. The Labute approximate surface area is 87.4 Å². The highest BCUT2D eigenvalue weighted by atomic mass is 35.5. The van der Waals surface area contributed by atoms with Crippen molar-refractivity contribution in [3.63, 3.8) is 0 Å². The smallest absolute Gasteiger partial charge is 0.0511 e. The molecule has 1 rings (SSSR count). The van der Waals surface area contributed by atoms with E-state index in [1.54, 1.807) is 0 Å². The summed E-state index contributed by atoms with van der Waals surface area (Å²) in [7, 11) is 0. The standard InChI is InChI=1S/C9H9Cl3/c10-6-9(12)5-7-1-3-8(11)4-2-7/h1-4,9H,5-6H2. The Morgan fingerprint density at radius 2 is 1.75 bits per heavy atom. The first kappa shape index (κ1) is 10.2. The molecule has 0 amide bonds. The van der Waals surface area contributed by atoms with E-state index in [9.17, 15) is 0 Å². The van der Waals surface area contributed by atoms with Gasteiger partial charge in [-0.25, -0.2) is 0 Å². The molecule has 0 aliphatic carbocycles. The second kappa shape index (κ2) is 4.96. The number of alkyl halides is 2. The van der Waals surface area contributed by atoms with Gasteiger partial charge in [0.15, 0.2) is 0 Å². The number of hydrogen-bond donors (Lipinski definition) is 0. The molecular formula is C9H9Cl3. The van der Waals surface area contributed by atoms with Crippen LogP contribution in [0.15, 0.2) is 24.3 Å². The van der Waals surface area contributed by atoms with Crippen LogP contribution in [0.25, 0.3) is 0 Å². The van der Waals surface area contributed by atoms with Gasteiger partial charge in [0.25, 0.3) is 0 Å². The van der Waals surface area contributed by atoms with Gasteiger partial charge in [-0.15, -0.1) is 23.2 Å². The normalized spacial score (nSPS) is 12.9. The van der Waals surface area contributed by atoms with E-state index < -0.39 is 0 Å². The molecule has 3 heteroatoms. The van der Waals surface area contributed by atoms with Crippen LogP contribution in [0, 0.1) is 0 Å². The minimum atomic E-state index is 0.00726. The molecule has 0 aliphatic rings. The van der Waals surface area contributed by atoms with E-state index in [-0.39, 0.29) is 5.38 Å². The predicted octanol–water partition coefficient (Wildman–Crippen LogP) is 3.73. The van der Waals surface area contributed by atoms with Crippen LogP contribution in [0.5, 0.6) is 0 Å². The minimum absolute atomic E-state index is 0.00726. The van der Waals surface area contributed by atoms with Crippen LogP contribution in [-0.2, 0) is 6.42 Å². The van der Waals surface area contributed by atoms with Crippen LogP contribution in [0.4, 0.5) is 0 Å². The third-order valence-corrected chi connectivity index (χ3v) is 2.63. The molecule has 12 heavy (non-hydrogen) atoms. The zero-order chi connectivity index (χ0) is 8.97. The van der Waals surface area contributed by atoms with Gasteiger partial charge in [0.05, 0.1) is 5.38 Å². The molecule has 0 heterocycles. The quantitative estimate of drug-likeness (QED) is 0.685. The van der Waals surface area contributed by atoms with Crippen LogP contribution < -0.4 is 0 Å². The SMILES string of the molecule is ClCC(Cl)Cc1ccc(Cl)cc1. The average Bonchev–Trinajstić information content (AvgIpc) is 2.09. The maximum Gasteiger partial charge on any atom is 0.0511 e. The summed E-state index contributed by atoms with van der Waals surface area (Å²) in [6, 6.07) is 7.64. The van der Waals surface area contributed by atoms with Gasteiger partial charge in [0, 0.05) is 10.9 Å². The van der Waals surface area contributed by atoms with Gasteiger partial charge in [-0.2, -0.15) is 0 Å². The number of rotatable bonds is 3. The summed E-state index contributed by atoms with van der Waals surface area (Å²) in [6.07, 6.45) is 0.794. The molecule has 1 unspecified atom stereocenters. The first-order valence-electron chi connectivity index (χ1n) is 3.67. The van der Waals surface area contributed by atoms with Gasteiger partial charge in [-0.3, -0.25) is 0 Å². The molecule has 0 saturated heterocycles. The first-order valence-corrected chi connectivity index (χ1v) is 5.01. The van der Waals surface area contributed by atoms with E-state index in [0.717, 1.165) is 11.4 Å². The zero-order valence-electron chi connectivity index (χ0n) is 6.43. The Kier molecular flexibility index (Phi) is 4.20.